The van der Waals surface area contributed by atoms with Crippen molar-refractivity contribution < 1.29 is 24.2 Å². The molecule has 1 aromatic carbocycles. The lowest BCUT2D eigenvalue weighted by molar-refractivity contribution is -0.136. The molecular formula is C17H17N3O5S. The minimum atomic E-state index is -1.02. The number of imide groups is 1. The maximum atomic E-state index is 12.6. The van der Waals surface area contributed by atoms with Gasteiger partial charge in [0.05, 0.1) is 25.1 Å². The maximum absolute atomic E-state index is 12.6. The van der Waals surface area contributed by atoms with Crippen molar-refractivity contribution in [2.45, 2.75) is 25.8 Å². The number of carboxylic acid groups (broad SMARTS) is 1. The molecule has 8 nitrogen and oxygen atoms in total. The summed E-state index contributed by atoms with van der Waals surface area (Å²) in [7, 11) is 0. The van der Waals surface area contributed by atoms with Crippen LogP contribution in [0, 0.1) is 0 Å². The number of nitrogens with zero attached hydrogens (tertiary/aromatic N) is 2. The van der Waals surface area contributed by atoms with Crippen LogP contribution in [-0.2, 0) is 20.8 Å². The number of nitrogens with one attached hydrogen (secondary N) is 1. The zero-order chi connectivity index (χ0) is 18.7. The van der Waals surface area contributed by atoms with Gasteiger partial charge < -0.3 is 15.2 Å². The predicted octanol–water partition coefficient (Wildman–Crippen LogP) is 1.91. The first-order chi connectivity index (χ1) is 12.5. The van der Waals surface area contributed by atoms with Crippen LogP contribution >= 0.6 is 11.3 Å². The maximum Gasteiger partial charge on any atom is 0.309 e. The van der Waals surface area contributed by atoms with Gasteiger partial charge in [-0.2, -0.15) is 0 Å². The molecule has 2 N–H and O–H groups in total. The number of aliphatic carboxylic acids is 1. The van der Waals surface area contributed by atoms with Crippen LogP contribution in [0.2, 0.25) is 0 Å². The monoisotopic (exact) mass is 375 g/mol. The minimum absolute atomic E-state index is 0.0138. The van der Waals surface area contributed by atoms with Crippen LogP contribution in [0.3, 0.4) is 0 Å². The van der Waals surface area contributed by atoms with Crippen molar-refractivity contribution >= 4 is 39.9 Å². The molecule has 2 amide bonds. The molecule has 1 saturated heterocycles. The van der Waals surface area contributed by atoms with Crippen molar-refractivity contribution in [1.29, 1.82) is 0 Å². The Morgan fingerprint density at radius 2 is 2.12 bits per heavy atom. The summed E-state index contributed by atoms with van der Waals surface area (Å²) < 4.78 is 5.37. The Balaban J connectivity index is 1.70. The Morgan fingerprint density at radius 3 is 2.77 bits per heavy atom. The summed E-state index contributed by atoms with van der Waals surface area (Å²) in [5.41, 5.74) is 1.02. The number of carbonyl (C=O) groups is 3. The molecule has 0 spiro atoms. The predicted molar refractivity (Wildman–Crippen MR) is 95.6 cm³/mol. The fraction of sp³-hybridized carbons (Fsp3) is 0.294. The van der Waals surface area contributed by atoms with Gasteiger partial charge in [-0.25, -0.2) is 9.88 Å². The molecule has 1 fully saturated rings. The Bertz CT molecular complexity index is 833. The van der Waals surface area contributed by atoms with Crippen molar-refractivity contribution in [3.05, 3.63) is 35.3 Å². The van der Waals surface area contributed by atoms with E-state index in [0.29, 0.717) is 18.0 Å². The van der Waals surface area contributed by atoms with Gasteiger partial charge in [-0.1, -0.05) is 0 Å². The van der Waals surface area contributed by atoms with Crippen LogP contribution in [0.1, 0.15) is 19.0 Å². The highest BCUT2D eigenvalue weighted by Gasteiger charge is 2.41. The molecule has 1 aliphatic rings. The van der Waals surface area contributed by atoms with E-state index in [0.717, 1.165) is 22.0 Å². The lowest BCUT2D eigenvalue weighted by Gasteiger charge is -2.14. The van der Waals surface area contributed by atoms with Crippen LogP contribution in [0.25, 0.3) is 0 Å². The van der Waals surface area contributed by atoms with Gasteiger partial charge >= 0.3 is 5.97 Å². The van der Waals surface area contributed by atoms with Crippen LogP contribution < -0.4 is 15.0 Å². The molecule has 0 bridgehead atoms. The normalized spacial score (nSPS) is 16.8. The standard InChI is InChI=1S/C17H17N3O5S/c1-2-25-12-5-3-10(4-6-12)18-13-8-14(21)20(16(13)24)17-19-11(9-26-17)7-15(22)23/h3-6,9,13,18H,2,7-8H2,1H3,(H,22,23). The van der Waals surface area contributed by atoms with Gasteiger partial charge in [0, 0.05) is 11.1 Å². The average Bonchev–Trinajstić information content (AvgIpc) is 3.13. The van der Waals surface area contributed by atoms with E-state index < -0.39 is 17.9 Å². The first-order valence-corrected chi connectivity index (χ1v) is 8.88. The summed E-state index contributed by atoms with van der Waals surface area (Å²) in [5.74, 6) is -1.06. The molecule has 26 heavy (non-hydrogen) atoms. The van der Waals surface area contributed by atoms with Gasteiger partial charge in [0.25, 0.3) is 5.91 Å². The number of anilines is 2. The number of hydrogen-bond donors (Lipinski definition) is 2. The number of amides is 2. The number of hydrogen-bond acceptors (Lipinski definition) is 7. The molecule has 1 atom stereocenters. The first kappa shape index (κ1) is 17.9. The molecule has 1 unspecified atom stereocenters. The zero-order valence-electron chi connectivity index (χ0n) is 14.0. The van der Waals surface area contributed by atoms with Crippen molar-refractivity contribution in [3.8, 4) is 5.75 Å². The number of carbonyl (C=O) groups excluding carboxylic acids is 2. The van der Waals surface area contributed by atoms with E-state index >= 15 is 0 Å². The van der Waals surface area contributed by atoms with Crippen molar-refractivity contribution in [3.63, 3.8) is 0 Å². The van der Waals surface area contributed by atoms with Gasteiger partial charge in [0.15, 0.2) is 5.13 Å². The summed E-state index contributed by atoms with van der Waals surface area (Å²) in [4.78, 5) is 40.7. The lowest BCUT2D eigenvalue weighted by Crippen LogP contribution is -2.34. The molecule has 9 heteroatoms. The summed E-state index contributed by atoms with van der Waals surface area (Å²) >= 11 is 1.08. The minimum Gasteiger partial charge on any atom is -0.494 e. The Kier molecular flexibility index (Phi) is 5.17. The number of carboxylic acids is 1. The largest absolute Gasteiger partial charge is 0.494 e. The molecule has 136 valence electrons. The van der Waals surface area contributed by atoms with E-state index in [2.05, 4.69) is 10.3 Å². The highest BCUT2D eigenvalue weighted by molar-refractivity contribution is 7.14. The number of benzene rings is 1. The van der Waals surface area contributed by atoms with Crippen LogP contribution in [-0.4, -0.2) is 40.5 Å². The SMILES string of the molecule is CCOc1ccc(NC2CC(=O)N(c3nc(CC(=O)O)cs3)C2=O)cc1. The summed E-state index contributed by atoms with van der Waals surface area (Å²) in [6.45, 7) is 2.46. The average molecular weight is 375 g/mol. The first-order valence-electron chi connectivity index (χ1n) is 8.00. The smallest absolute Gasteiger partial charge is 0.309 e. The van der Waals surface area contributed by atoms with Gasteiger partial charge in [-0.3, -0.25) is 14.4 Å². The number of aromatic nitrogens is 1. The topological polar surface area (TPSA) is 109 Å². The molecule has 2 aromatic rings. The van der Waals surface area contributed by atoms with Crippen LogP contribution in [0.5, 0.6) is 5.75 Å². The third-order valence-corrected chi connectivity index (χ3v) is 4.59. The molecule has 0 saturated carbocycles. The van der Waals surface area contributed by atoms with Gasteiger partial charge in [0.2, 0.25) is 5.91 Å². The van der Waals surface area contributed by atoms with E-state index in [4.69, 9.17) is 9.84 Å². The molecule has 3 rings (SSSR count). The number of thiazole rings is 1. The quantitative estimate of drug-likeness (QED) is 0.712. The molecule has 2 heterocycles. The van der Waals surface area contributed by atoms with E-state index in [1.807, 2.05) is 6.92 Å². The third kappa shape index (κ3) is 3.83. The van der Waals surface area contributed by atoms with Gasteiger partial charge in [0.1, 0.15) is 11.8 Å². The van der Waals surface area contributed by atoms with E-state index in [-0.39, 0.29) is 23.9 Å². The Hall–Kier alpha value is -2.94. The van der Waals surface area contributed by atoms with E-state index in [1.54, 1.807) is 24.3 Å². The van der Waals surface area contributed by atoms with E-state index in [9.17, 15) is 14.4 Å². The second-order valence-corrected chi connectivity index (χ2v) is 6.45. The highest BCUT2D eigenvalue weighted by Crippen LogP contribution is 2.28. The summed E-state index contributed by atoms with van der Waals surface area (Å²) in [6, 6.07) is 6.43. The van der Waals surface area contributed by atoms with Gasteiger partial charge in [-0.15, -0.1) is 11.3 Å². The molecule has 1 aromatic heterocycles. The zero-order valence-corrected chi connectivity index (χ0v) is 14.8. The van der Waals surface area contributed by atoms with Crippen LogP contribution in [0.4, 0.5) is 10.8 Å². The summed E-state index contributed by atoms with van der Waals surface area (Å²) in [5, 5.41) is 13.6. The molecule has 1 aliphatic heterocycles. The summed E-state index contributed by atoms with van der Waals surface area (Å²) in [6.07, 6.45) is -0.236. The Labute approximate surface area is 153 Å². The molecule has 0 radical (unpaired) electrons. The van der Waals surface area contributed by atoms with E-state index in [1.165, 1.54) is 5.38 Å². The fourth-order valence-corrected chi connectivity index (χ4v) is 3.44. The molecular weight excluding hydrogens is 358 g/mol. The number of rotatable bonds is 7. The van der Waals surface area contributed by atoms with Crippen LogP contribution in [0.15, 0.2) is 29.6 Å². The lowest BCUT2D eigenvalue weighted by atomic mass is 10.2. The number of ether oxygens (including phenoxy) is 1. The van der Waals surface area contributed by atoms with Crippen molar-refractivity contribution in [1.82, 2.24) is 4.98 Å². The van der Waals surface area contributed by atoms with Crippen molar-refractivity contribution in [2.24, 2.45) is 0 Å². The third-order valence-electron chi connectivity index (χ3n) is 3.72. The molecule has 0 aliphatic carbocycles. The van der Waals surface area contributed by atoms with Gasteiger partial charge in [-0.05, 0) is 31.2 Å². The second kappa shape index (κ2) is 7.52. The highest BCUT2D eigenvalue weighted by atomic mass is 32.1. The second-order valence-electron chi connectivity index (χ2n) is 5.62. The Morgan fingerprint density at radius 1 is 1.38 bits per heavy atom. The van der Waals surface area contributed by atoms with Crippen molar-refractivity contribution in [2.75, 3.05) is 16.8 Å². The fourth-order valence-electron chi connectivity index (χ4n) is 2.60.